The number of nitrogens with two attached hydrogens (primary N) is 1. The average molecular weight is 390 g/mol. The third kappa shape index (κ3) is 4.21. The van der Waals surface area contributed by atoms with E-state index in [0.717, 1.165) is 40.6 Å². The standard InChI is InChI=1S/C23H22N2O4/c1-13(23(27)28)29-17-7-5-16(6-8-17)21-12-18(15-3-4-15)19-10-14(11-22(24)26)2-9-20(19)25-21/h2,5-10,12-13,15H,3-4,11H2,1H3,(H2,24,26)(H,27,28). The highest BCUT2D eigenvalue weighted by molar-refractivity contribution is 5.88. The summed E-state index contributed by atoms with van der Waals surface area (Å²) in [7, 11) is 0. The fourth-order valence-electron chi connectivity index (χ4n) is 3.45. The molecule has 2 aromatic carbocycles. The Balaban J connectivity index is 1.69. The van der Waals surface area contributed by atoms with Crippen molar-refractivity contribution in [2.45, 2.75) is 38.2 Å². The minimum absolute atomic E-state index is 0.220. The SMILES string of the molecule is CC(Oc1ccc(-c2cc(C3CC3)c3cc(CC(N)=O)ccc3n2)cc1)C(=O)O. The lowest BCUT2D eigenvalue weighted by Gasteiger charge is -2.12. The topological polar surface area (TPSA) is 103 Å². The zero-order valence-corrected chi connectivity index (χ0v) is 16.1. The number of carbonyl (C=O) groups is 2. The number of nitrogens with zero attached hydrogens (tertiary/aromatic N) is 1. The number of carboxylic acid groups (broad SMARTS) is 1. The van der Waals surface area contributed by atoms with E-state index in [4.69, 9.17) is 20.6 Å². The first-order valence-electron chi connectivity index (χ1n) is 9.62. The first-order chi connectivity index (χ1) is 13.9. The van der Waals surface area contributed by atoms with Crippen molar-refractivity contribution in [2.24, 2.45) is 5.73 Å². The summed E-state index contributed by atoms with van der Waals surface area (Å²) in [4.78, 5) is 27.0. The van der Waals surface area contributed by atoms with Crippen LogP contribution in [0.15, 0.2) is 48.5 Å². The Hall–Kier alpha value is -3.41. The van der Waals surface area contributed by atoms with Crippen LogP contribution < -0.4 is 10.5 Å². The molecule has 29 heavy (non-hydrogen) atoms. The third-order valence-electron chi connectivity index (χ3n) is 5.11. The lowest BCUT2D eigenvalue weighted by molar-refractivity contribution is -0.144. The van der Waals surface area contributed by atoms with E-state index in [0.29, 0.717) is 11.7 Å². The fraction of sp³-hybridized carbons (Fsp3) is 0.261. The number of pyridine rings is 1. The normalized spacial score (nSPS) is 14.5. The lowest BCUT2D eigenvalue weighted by Crippen LogP contribution is -2.22. The van der Waals surface area contributed by atoms with E-state index in [9.17, 15) is 9.59 Å². The number of aliphatic carboxylic acids is 1. The highest BCUT2D eigenvalue weighted by Crippen LogP contribution is 2.44. The molecule has 0 radical (unpaired) electrons. The van der Waals surface area contributed by atoms with Crippen molar-refractivity contribution >= 4 is 22.8 Å². The van der Waals surface area contributed by atoms with Gasteiger partial charge in [0.2, 0.25) is 5.91 Å². The molecule has 0 spiro atoms. The monoisotopic (exact) mass is 390 g/mol. The van der Waals surface area contributed by atoms with Crippen LogP contribution in [0.1, 0.15) is 36.8 Å². The molecule has 3 aromatic rings. The van der Waals surface area contributed by atoms with Gasteiger partial charge >= 0.3 is 5.97 Å². The van der Waals surface area contributed by atoms with Gasteiger partial charge in [0, 0.05) is 10.9 Å². The molecular weight excluding hydrogens is 368 g/mol. The summed E-state index contributed by atoms with van der Waals surface area (Å²) in [5.74, 6) is -0.332. The summed E-state index contributed by atoms with van der Waals surface area (Å²) in [5, 5.41) is 10.0. The molecule has 1 aliphatic rings. The molecule has 1 amide bonds. The van der Waals surface area contributed by atoms with Gasteiger partial charge in [0.25, 0.3) is 0 Å². The molecule has 1 atom stereocenters. The van der Waals surface area contributed by atoms with Crippen LogP contribution in [-0.4, -0.2) is 28.1 Å². The van der Waals surface area contributed by atoms with Crippen LogP contribution in [0.25, 0.3) is 22.2 Å². The van der Waals surface area contributed by atoms with Crippen LogP contribution in [0.4, 0.5) is 0 Å². The number of carboxylic acids is 1. The number of benzene rings is 2. The molecule has 1 heterocycles. The van der Waals surface area contributed by atoms with E-state index in [2.05, 4.69) is 6.07 Å². The van der Waals surface area contributed by atoms with Gasteiger partial charge in [-0.05, 0) is 79.3 Å². The van der Waals surface area contributed by atoms with Gasteiger partial charge in [-0.3, -0.25) is 4.79 Å². The summed E-state index contributed by atoms with van der Waals surface area (Å²) >= 11 is 0. The molecule has 0 saturated heterocycles. The highest BCUT2D eigenvalue weighted by atomic mass is 16.5. The van der Waals surface area contributed by atoms with Crippen LogP contribution in [0, 0.1) is 0 Å². The van der Waals surface area contributed by atoms with Gasteiger partial charge in [-0.15, -0.1) is 0 Å². The number of rotatable bonds is 7. The summed E-state index contributed by atoms with van der Waals surface area (Å²) < 4.78 is 5.40. The van der Waals surface area contributed by atoms with Crippen molar-refractivity contribution in [1.29, 1.82) is 0 Å². The Morgan fingerprint density at radius 2 is 1.90 bits per heavy atom. The van der Waals surface area contributed by atoms with Gasteiger partial charge in [-0.25, -0.2) is 9.78 Å². The first kappa shape index (κ1) is 18.9. The smallest absolute Gasteiger partial charge is 0.344 e. The van der Waals surface area contributed by atoms with Crippen LogP contribution in [-0.2, 0) is 16.0 Å². The van der Waals surface area contributed by atoms with Crippen LogP contribution >= 0.6 is 0 Å². The van der Waals surface area contributed by atoms with Crippen molar-refractivity contribution < 1.29 is 19.4 Å². The molecule has 1 aliphatic carbocycles. The molecule has 1 saturated carbocycles. The van der Waals surface area contributed by atoms with Crippen LogP contribution in [0.2, 0.25) is 0 Å². The zero-order chi connectivity index (χ0) is 20.5. The number of aromatic nitrogens is 1. The molecular formula is C23H22N2O4. The quantitative estimate of drug-likeness (QED) is 0.641. The Morgan fingerprint density at radius 1 is 1.17 bits per heavy atom. The largest absolute Gasteiger partial charge is 0.479 e. The molecule has 1 aromatic heterocycles. The molecule has 1 fully saturated rings. The molecule has 0 bridgehead atoms. The van der Waals surface area contributed by atoms with Crippen molar-refractivity contribution in [3.63, 3.8) is 0 Å². The van der Waals surface area contributed by atoms with E-state index < -0.39 is 12.1 Å². The minimum atomic E-state index is -1.00. The highest BCUT2D eigenvalue weighted by Gasteiger charge is 2.26. The predicted molar refractivity (Wildman–Crippen MR) is 110 cm³/mol. The number of primary amides is 1. The summed E-state index contributed by atoms with van der Waals surface area (Å²) in [6.45, 7) is 1.50. The number of hydrogen-bond acceptors (Lipinski definition) is 4. The lowest BCUT2D eigenvalue weighted by atomic mass is 9.98. The number of hydrogen-bond donors (Lipinski definition) is 2. The van der Waals surface area contributed by atoms with Crippen molar-refractivity contribution in [1.82, 2.24) is 4.98 Å². The zero-order valence-electron chi connectivity index (χ0n) is 16.1. The van der Waals surface area contributed by atoms with E-state index in [1.807, 2.05) is 30.3 Å². The van der Waals surface area contributed by atoms with Gasteiger partial charge in [0.05, 0.1) is 17.6 Å². The van der Waals surface area contributed by atoms with E-state index >= 15 is 0 Å². The maximum Gasteiger partial charge on any atom is 0.344 e. The van der Waals surface area contributed by atoms with Crippen LogP contribution in [0.5, 0.6) is 5.75 Å². The fourth-order valence-corrected chi connectivity index (χ4v) is 3.45. The van der Waals surface area contributed by atoms with Crippen LogP contribution in [0.3, 0.4) is 0 Å². The molecule has 3 N–H and O–H groups in total. The number of ether oxygens (including phenoxy) is 1. The predicted octanol–water partition coefficient (Wildman–Crippen LogP) is 3.66. The first-order valence-corrected chi connectivity index (χ1v) is 9.62. The number of amides is 1. The Morgan fingerprint density at radius 3 is 2.52 bits per heavy atom. The molecule has 4 rings (SSSR count). The Labute approximate surface area is 168 Å². The third-order valence-corrected chi connectivity index (χ3v) is 5.11. The number of fused-ring (bicyclic) bond motifs is 1. The maximum absolute atomic E-state index is 11.3. The summed E-state index contributed by atoms with van der Waals surface area (Å²) in [6, 6.07) is 15.3. The second kappa shape index (κ2) is 7.54. The van der Waals surface area contributed by atoms with Gasteiger partial charge in [-0.1, -0.05) is 6.07 Å². The van der Waals surface area contributed by atoms with Gasteiger partial charge in [0.15, 0.2) is 6.10 Å². The van der Waals surface area contributed by atoms with Gasteiger partial charge in [0.1, 0.15) is 5.75 Å². The molecule has 0 aliphatic heterocycles. The molecule has 6 nitrogen and oxygen atoms in total. The average Bonchev–Trinajstić information content (AvgIpc) is 3.52. The molecule has 1 unspecified atom stereocenters. The Kier molecular flexibility index (Phi) is 4.92. The minimum Gasteiger partial charge on any atom is -0.479 e. The summed E-state index contributed by atoms with van der Waals surface area (Å²) in [6.07, 6.45) is 1.62. The van der Waals surface area contributed by atoms with E-state index in [1.54, 1.807) is 12.1 Å². The summed E-state index contributed by atoms with van der Waals surface area (Å²) in [5.41, 5.74) is 10.2. The van der Waals surface area contributed by atoms with Gasteiger partial charge < -0.3 is 15.6 Å². The second-order valence-corrected chi connectivity index (χ2v) is 7.49. The van der Waals surface area contributed by atoms with Crippen molar-refractivity contribution in [3.8, 4) is 17.0 Å². The van der Waals surface area contributed by atoms with Crippen molar-refractivity contribution in [2.75, 3.05) is 0 Å². The molecule has 148 valence electrons. The maximum atomic E-state index is 11.3. The van der Waals surface area contributed by atoms with E-state index in [1.165, 1.54) is 12.5 Å². The van der Waals surface area contributed by atoms with Gasteiger partial charge in [-0.2, -0.15) is 0 Å². The second-order valence-electron chi connectivity index (χ2n) is 7.49. The number of carbonyl (C=O) groups excluding carboxylic acids is 1. The Bertz CT molecular complexity index is 1090. The molecule has 6 heteroatoms. The van der Waals surface area contributed by atoms with Crippen molar-refractivity contribution in [3.05, 3.63) is 59.7 Å². The van der Waals surface area contributed by atoms with E-state index in [-0.39, 0.29) is 12.3 Å².